The molecular weight excluding hydrogens is 250 g/mol. The number of pyridine rings is 1. The van der Waals surface area contributed by atoms with E-state index in [1.807, 2.05) is 0 Å². The Bertz CT molecular complexity index is 453. The van der Waals surface area contributed by atoms with Crippen LogP contribution in [0.3, 0.4) is 0 Å². The first-order valence-electron chi connectivity index (χ1n) is 5.68. The number of carboxylic acids is 1. The van der Waals surface area contributed by atoms with E-state index in [-0.39, 0.29) is 5.97 Å². The Morgan fingerprint density at radius 3 is 2.79 bits per heavy atom. The molecule has 0 bridgehead atoms. The van der Waals surface area contributed by atoms with E-state index in [1.54, 1.807) is 12.1 Å². The molecule has 102 valence electrons. The van der Waals surface area contributed by atoms with Crippen molar-refractivity contribution in [2.24, 2.45) is 0 Å². The number of esters is 1. The third kappa shape index (κ3) is 6.21. The van der Waals surface area contributed by atoms with Gasteiger partial charge in [-0.25, -0.2) is 4.79 Å². The lowest BCUT2D eigenvalue weighted by molar-refractivity contribution is -0.140. The number of rotatable bonds is 7. The topological polar surface area (TPSA) is 85.7 Å². The monoisotopic (exact) mass is 265 g/mol. The first-order chi connectivity index (χ1) is 9.11. The van der Waals surface area contributed by atoms with Gasteiger partial charge >= 0.3 is 11.9 Å². The summed E-state index contributed by atoms with van der Waals surface area (Å²) in [6.45, 7) is 0.390. The quantitative estimate of drug-likeness (QED) is 0.457. The summed E-state index contributed by atoms with van der Waals surface area (Å²) in [5, 5.41) is 8.46. The van der Waals surface area contributed by atoms with Gasteiger partial charge in [-0.05, 0) is 24.6 Å². The zero-order valence-electron chi connectivity index (χ0n) is 10.5. The highest BCUT2D eigenvalue weighted by molar-refractivity contribution is 5.84. The minimum Gasteiger partial charge on any atom is -0.492 e. The maximum atomic E-state index is 10.8. The summed E-state index contributed by atoms with van der Waals surface area (Å²) < 4.78 is 9.87. The van der Waals surface area contributed by atoms with E-state index in [0.717, 1.165) is 6.08 Å². The summed E-state index contributed by atoms with van der Waals surface area (Å²) >= 11 is 0. The van der Waals surface area contributed by atoms with Crippen LogP contribution in [0.15, 0.2) is 24.4 Å². The first kappa shape index (κ1) is 14.7. The van der Waals surface area contributed by atoms with E-state index in [1.165, 1.54) is 19.4 Å². The van der Waals surface area contributed by atoms with Crippen LogP contribution in [0.2, 0.25) is 0 Å². The van der Waals surface area contributed by atoms with Crippen LogP contribution >= 0.6 is 0 Å². The van der Waals surface area contributed by atoms with E-state index in [4.69, 9.17) is 9.84 Å². The number of carbonyl (C=O) groups is 2. The highest BCUT2D eigenvalue weighted by Gasteiger charge is 2.00. The summed E-state index contributed by atoms with van der Waals surface area (Å²) in [6.07, 6.45) is 4.78. The van der Waals surface area contributed by atoms with Crippen molar-refractivity contribution in [2.45, 2.75) is 12.8 Å². The van der Waals surface area contributed by atoms with Gasteiger partial charge in [0.25, 0.3) is 0 Å². The van der Waals surface area contributed by atoms with E-state index in [2.05, 4.69) is 9.72 Å². The molecule has 0 aromatic carbocycles. The van der Waals surface area contributed by atoms with Crippen molar-refractivity contribution in [1.29, 1.82) is 0 Å². The maximum absolute atomic E-state index is 10.8. The predicted octanol–water partition coefficient (Wildman–Crippen LogP) is 1.51. The molecule has 0 radical (unpaired) electrons. The number of aliphatic carboxylic acids is 1. The number of hydrogen-bond donors (Lipinski definition) is 1. The van der Waals surface area contributed by atoms with Crippen LogP contribution in [0.25, 0.3) is 6.08 Å². The lowest BCUT2D eigenvalue weighted by Gasteiger charge is -2.05. The van der Waals surface area contributed by atoms with Crippen molar-refractivity contribution in [3.05, 3.63) is 30.1 Å². The fraction of sp³-hybridized carbons (Fsp3) is 0.308. The smallest absolute Gasteiger partial charge is 0.328 e. The number of aromatic nitrogens is 1. The zero-order valence-corrected chi connectivity index (χ0v) is 10.5. The summed E-state index contributed by atoms with van der Waals surface area (Å²) in [5.41, 5.74) is 0.532. The highest BCUT2D eigenvalue weighted by atomic mass is 16.5. The van der Waals surface area contributed by atoms with Gasteiger partial charge in [0, 0.05) is 12.5 Å². The summed E-state index contributed by atoms with van der Waals surface area (Å²) in [4.78, 5) is 25.2. The van der Waals surface area contributed by atoms with Crippen molar-refractivity contribution in [2.75, 3.05) is 13.7 Å². The second-order valence-electron chi connectivity index (χ2n) is 3.62. The molecule has 0 saturated heterocycles. The summed E-state index contributed by atoms with van der Waals surface area (Å²) in [6, 6.07) is 3.34. The van der Waals surface area contributed by atoms with Crippen LogP contribution in [0.4, 0.5) is 0 Å². The maximum Gasteiger partial charge on any atom is 0.328 e. The lowest BCUT2D eigenvalue weighted by atomic mass is 10.3. The van der Waals surface area contributed by atoms with Crippen LogP contribution < -0.4 is 4.74 Å². The van der Waals surface area contributed by atoms with Crippen molar-refractivity contribution in [3.63, 3.8) is 0 Å². The van der Waals surface area contributed by atoms with Gasteiger partial charge < -0.3 is 14.6 Å². The molecule has 0 aliphatic rings. The molecule has 0 aliphatic carbocycles. The molecule has 0 atom stereocenters. The number of nitrogens with zero attached hydrogens (tertiary/aromatic N) is 1. The van der Waals surface area contributed by atoms with Gasteiger partial charge in [0.2, 0.25) is 0 Å². The number of hydrogen-bond acceptors (Lipinski definition) is 5. The second-order valence-corrected chi connectivity index (χ2v) is 3.62. The van der Waals surface area contributed by atoms with Gasteiger partial charge in [0.05, 0.1) is 25.6 Å². The molecule has 19 heavy (non-hydrogen) atoms. The SMILES string of the molecule is COC(=O)CCCOc1ccc(C=CC(=O)O)nc1. The molecule has 1 rings (SSSR count). The molecule has 1 aromatic rings. The minimum atomic E-state index is -1.02. The summed E-state index contributed by atoms with van der Waals surface area (Å²) in [7, 11) is 1.34. The van der Waals surface area contributed by atoms with E-state index in [9.17, 15) is 9.59 Å². The Kier molecular flexibility index (Phi) is 6.08. The molecule has 0 amide bonds. The van der Waals surface area contributed by atoms with Crippen molar-refractivity contribution in [3.8, 4) is 5.75 Å². The largest absolute Gasteiger partial charge is 0.492 e. The minimum absolute atomic E-state index is 0.268. The summed E-state index contributed by atoms with van der Waals surface area (Å²) in [5.74, 6) is -0.724. The van der Waals surface area contributed by atoms with E-state index >= 15 is 0 Å². The Labute approximate surface area is 110 Å². The van der Waals surface area contributed by atoms with Gasteiger partial charge in [0.1, 0.15) is 5.75 Å². The number of carbonyl (C=O) groups excluding carboxylic acids is 1. The third-order valence-electron chi connectivity index (χ3n) is 2.18. The molecule has 6 nitrogen and oxygen atoms in total. The Morgan fingerprint density at radius 2 is 2.21 bits per heavy atom. The number of ether oxygens (including phenoxy) is 2. The molecule has 0 spiro atoms. The number of methoxy groups -OCH3 is 1. The van der Waals surface area contributed by atoms with Gasteiger partial charge in [-0.15, -0.1) is 0 Å². The Balaban J connectivity index is 2.36. The van der Waals surface area contributed by atoms with Gasteiger partial charge in [-0.2, -0.15) is 0 Å². The molecule has 0 aliphatic heterocycles. The average molecular weight is 265 g/mol. The fourth-order valence-electron chi connectivity index (χ4n) is 1.24. The van der Waals surface area contributed by atoms with E-state index in [0.29, 0.717) is 30.9 Å². The van der Waals surface area contributed by atoms with Crippen LogP contribution in [0.1, 0.15) is 18.5 Å². The molecule has 6 heteroatoms. The van der Waals surface area contributed by atoms with Crippen molar-refractivity contribution < 1.29 is 24.2 Å². The molecule has 1 N–H and O–H groups in total. The third-order valence-corrected chi connectivity index (χ3v) is 2.18. The van der Waals surface area contributed by atoms with Crippen LogP contribution in [0.5, 0.6) is 5.75 Å². The van der Waals surface area contributed by atoms with Gasteiger partial charge in [0.15, 0.2) is 0 Å². The molecule has 0 fully saturated rings. The Hall–Kier alpha value is -2.37. The van der Waals surface area contributed by atoms with Crippen molar-refractivity contribution in [1.82, 2.24) is 4.98 Å². The van der Waals surface area contributed by atoms with Crippen LogP contribution in [-0.2, 0) is 14.3 Å². The molecule has 1 aromatic heterocycles. The lowest BCUT2D eigenvalue weighted by Crippen LogP contribution is -2.04. The first-order valence-corrected chi connectivity index (χ1v) is 5.68. The molecule has 0 unspecified atom stereocenters. The standard InChI is InChI=1S/C13H15NO5/c1-18-13(17)3-2-8-19-11-6-4-10(14-9-11)5-7-12(15)16/h4-7,9H,2-3,8H2,1H3,(H,15,16). The molecular formula is C13H15NO5. The normalized spacial score (nSPS) is 10.4. The van der Waals surface area contributed by atoms with Crippen LogP contribution in [-0.4, -0.2) is 35.7 Å². The van der Waals surface area contributed by atoms with E-state index < -0.39 is 5.97 Å². The second kappa shape index (κ2) is 7.86. The van der Waals surface area contributed by atoms with Crippen molar-refractivity contribution >= 4 is 18.0 Å². The zero-order chi connectivity index (χ0) is 14.1. The highest BCUT2D eigenvalue weighted by Crippen LogP contribution is 2.10. The average Bonchev–Trinajstić information content (AvgIpc) is 2.42. The predicted molar refractivity (Wildman–Crippen MR) is 67.7 cm³/mol. The molecule has 1 heterocycles. The fourth-order valence-corrected chi connectivity index (χ4v) is 1.24. The van der Waals surface area contributed by atoms with Gasteiger partial charge in [-0.1, -0.05) is 0 Å². The van der Waals surface area contributed by atoms with Gasteiger partial charge in [-0.3, -0.25) is 9.78 Å². The van der Waals surface area contributed by atoms with Crippen LogP contribution in [0, 0.1) is 0 Å². The Morgan fingerprint density at radius 1 is 1.42 bits per heavy atom. The molecule has 0 saturated carbocycles. The number of carboxylic acid groups (broad SMARTS) is 1.